The normalized spacial score (nSPS) is 13.8. The molecule has 0 radical (unpaired) electrons. The quantitative estimate of drug-likeness (QED) is 0.694. The van der Waals surface area contributed by atoms with Crippen molar-refractivity contribution in [1.82, 2.24) is 5.32 Å². The van der Waals surface area contributed by atoms with E-state index in [1.807, 2.05) is 12.1 Å². The second kappa shape index (κ2) is 5.64. The lowest BCUT2D eigenvalue weighted by atomic mass is 10.0. The number of nitro benzene ring substituents is 1. The number of non-ortho nitro benzene ring substituents is 1. The van der Waals surface area contributed by atoms with Crippen molar-refractivity contribution in [2.75, 3.05) is 6.54 Å². The van der Waals surface area contributed by atoms with Gasteiger partial charge in [-0.2, -0.15) is 0 Å². The lowest BCUT2D eigenvalue weighted by molar-refractivity contribution is -0.384. The molecule has 0 atom stereocenters. The summed E-state index contributed by atoms with van der Waals surface area (Å²) in [7, 11) is 0. The predicted octanol–water partition coefficient (Wildman–Crippen LogP) is 3.39. The minimum absolute atomic E-state index is 0.133. The van der Waals surface area contributed by atoms with Crippen molar-refractivity contribution in [3.8, 4) is 0 Å². The maximum atomic E-state index is 10.7. The molecule has 2 aromatic rings. The highest BCUT2D eigenvalue weighted by Crippen LogP contribution is 2.33. The van der Waals surface area contributed by atoms with Crippen LogP contribution in [0.25, 0.3) is 0 Å². The lowest BCUT2D eigenvalue weighted by Crippen LogP contribution is -2.23. The molecule has 1 heterocycles. The molecule has 20 heavy (non-hydrogen) atoms. The van der Waals surface area contributed by atoms with Crippen LogP contribution in [0.2, 0.25) is 0 Å². The van der Waals surface area contributed by atoms with Gasteiger partial charge in [-0.1, -0.05) is 23.9 Å². The van der Waals surface area contributed by atoms with Crippen molar-refractivity contribution in [2.24, 2.45) is 0 Å². The van der Waals surface area contributed by atoms with Crippen molar-refractivity contribution in [1.29, 1.82) is 0 Å². The van der Waals surface area contributed by atoms with E-state index in [0.717, 1.165) is 24.4 Å². The molecule has 5 heteroatoms. The third-order valence-corrected chi connectivity index (χ3v) is 4.48. The van der Waals surface area contributed by atoms with Crippen LogP contribution in [0.1, 0.15) is 11.1 Å². The minimum Gasteiger partial charge on any atom is -0.312 e. The van der Waals surface area contributed by atoms with E-state index in [1.54, 1.807) is 23.9 Å². The Morgan fingerprint density at radius 1 is 1.15 bits per heavy atom. The molecule has 4 nitrogen and oxygen atoms in total. The van der Waals surface area contributed by atoms with Crippen LogP contribution in [0.4, 0.5) is 5.69 Å². The molecule has 1 aliphatic rings. The second-order valence-corrected chi connectivity index (χ2v) is 5.79. The van der Waals surface area contributed by atoms with Crippen LogP contribution < -0.4 is 5.32 Å². The summed E-state index contributed by atoms with van der Waals surface area (Å²) in [6, 6.07) is 13.1. The Bertz CT molecular complexity index is 641. The molecule has 0 unspecified atom stereocenters. The number of benzene rings is 2. The summed E-state index contributed by atoms with van der Waals surface area (Å²) in [6.07, 6.45) is 1.03. The molecule has 2 aromatic carbocycles. The van der Waals surface area contributed by atoms with E-state index < -0.39 is 0 Å². The van der Waals surface area contributed by atoms with Gasteiger partial charge in [0, 0.05) is 28.5 Å². The molecule has 3 rings (SSSR count). The van der Waals surface area contributed by atoms with Gasteiger partial charge in [0.15, 0.2) is 0 Å². The van der Waals surface area contributed by atoms with Crippen molar-refractivity contribution >= 4 is 17.4 Å². The van der Waals surface area contributed by atoms with Gasteiger partial charge < -0.3 is 5.32 Å². The van der Waals surface area contributed by atoms with Crippen LogP contribution in [0.3, 0.4) is 0 Å². The van der Waals surface area contributed by atoms with Crippen molar-refractivity contribution < 1.29 is 4.92 Å². The van der Waals surface area contributed by atoms with E-state index in [-0.39, 0.29) is 10.6 Å². The Balaban J connectivity index is 1.86. The van der Waals surface area contributed by atoms with Gasteiger partial charge in [-0.25, -0.2) is 0 Å². The first-order valence-corrected chi connectivity index (χ1v) is 7.29. The van der Waals surface area contributed by atoms with E-state index in [1.165, 1.54) is 16.0 Å². The topological polar surface area (TPSA) is 55.2 Å². The summed E-state index contributed by atoms with van der Waals surface area (Å²) >= 11 is 1.67. The molecule has 0 amide bonds. The van der Waals surface area contributed by atoms with Crippen LogP contribution in [-0.2, 0) is 13.0 Å². The number of hydrogen-bond acceptors (Lipinski definition) is 4. The maximum Gasteiger partial charge on any atom is 0.269 e. The molecule has 0 aromatic heterocycles. The van der Waals surface area contributed by atoms with Gasteiger partial charge in [0.2, 0.25) is 0 Å². The van der Waals surface area contributed by atoms with E-state index in [0.29, 0.717) is 0 Å². The van der Waals surface area contributed by atoms with Gasteiger partial charge in [-0.05, 0) is 42.3 Å². The summed E-state index contributed by atoms with van der Waals surface area (Å²) < 4.78 is 0. The van der Waals surface area contributed by atoms with Crippen LogP contribution in [0.5, 0.6) is 0 Å². The number of nitro groups is 1. The summed E-state index contributed by atoms with van der Waals surface area (Å²) in [5.74, 6) is 0. The van der Waals surface area contributed by atoms with Gasteiger partial charge >= 0.3 is 0 Å². The van der Waals surface area contributed by atoms with Crippen molar-refractivity contribution in [2.45, 2.75) is 22.8 Å². The molecule has 102 valence electrons. The molecule has 0 fully saturated rings. The number of rotatable bonds is 3. The standard InChI is InChI=1S/C15H14N2O2S/c18-17(19)12-4-6-13(7-5-12)20-15-3-1-2-11-10-16-9-8-14(11)15/h1-7,16H,8-10H2. The van der Waals surface area contributed by atoms with Gasteiger partial charge in [0.05, 0.1) is 4.92 Å². The molecule has 0 saturated carbocycles. The zero-order chi connectivity index (χ0) is 13.9. The summed E-state index contributed by atoms with van der Waals surface area (Å²) in [5.41, 5.74) is 2.88. The Kier molecular flexibility index (Phi) is 3.71. The predicted molar refractivity (Wildman–Crippen MR) is 79.1 cm³/mol. The number of nitrogens with zero attached hydrogens (tertiary/aromatic N) is 1. The Hall–Kier alpha value is -1.85. The number of nitrogens with one attached hydrogen (secondary N) is 1. The maximum absolute atomic E-state index is 10.7. The third-order valence-electron chi connectivity index (χ3n) is 3.37. The summed E-state index contributed by atoms with van der Waals surface area (Å²) in [4.78, 5) is 12.6. The van der Waals surface area contributed by atoms with Gasteiger partial charge in [-0.15, -0.1) is 0 Å². The molecule has 0 spiro atoms. The van der Waals surface area contributed by atoms with E-state index >= 15 is 0 Å². The number of fused-ring (bicyclic) bond motifs is 1. The lowest BCUT2D eigenvalue weighted by Gasteiger charge is -2.19. The van der Waals surface area contributed by atoms with E-state index in [4.69, 9.17) is 0 Å². The SMILES string of the molecule is O=[N+]([O-])c1ccc(Sc2cccc3c2CCNC3)cc1. The van der Waals surface area contributed by atoms with Crippen LogP contribution >= 0.6 is 11.8 Å². The van der Waals surface area contributed by atoms with Gasteiger partial charge in [0.25, 0.3) is 5.69 Å². The molecule has 1 N–H and O–H groups in total. The monoisotopic (exact) mass is 286 g/mol. The molecule has 1 aliphatic heterocycles. The highest BCUT2D eigenvalue weighted by atomic mass is 32.2. The highest BCUT2D eigenvalue weighted by Gasteiger charge is 2.13. The zero-order valence-electron chi connectivity index (χ0n) is 10.8. The summed E-state index contributed by atoms with van der Waals surface area (Å²) in [6.45, 7) is 1.93. The zero-order valence-corrected chi connectivity index (χ0v) is 11.7. The fourth-order valence-electron chi connectivity index (χ4n) is 2.36. The largest absolute Gasteiger partial charge is 0.312 e. The molecule has 0 aliphatic carbocycles. The average molecular weight is 286 g/mol. The van der Waals surface area contributed by atoms with Gasteiger partial charge in [0.1, 0.15) is 0 Å². The average Bonchev–Trinajstić information content (AvgIpc) is 2.48. The van der Waals surface area contributed by atoms with E-state index in [9.17, 15) is 10.1 Å². The molecular formula is C15H14N2O2S. The fourth-order valence-corrected chi connectivity index (χ4v) is 3.38. The Labute approximate surface area is 121 Å². The molecular weight excluding hydrogens is 272 g/mol. The number of hydrogen-bond donors (Lipinski definition) is 1. The smallest absolute Gasteiger partial charge is 0.269 e. The van der Waals surface area contributed by atoms with Gasteiger partial charge in [-0.3, -0.25) is 10.1 Å². The third kappa shape index (κ3) is 2.69. The van der Waals surface area contributed by atoms with Crippen molar-refractivity contribution in [3.05, 3.63) is 63.7 Å². The van der Waals surface area contributed by atoms with Crippen LogP contribution in [0, 0.1) is 10.1 Å². The Morgan fingerprint density at radius 3 is 2.70 bits per heavy atom. The fraction of sp³-hybridized carbons (Fsp3) is 0.200. The first-order chi connectivity index (χ1) is 9.74. The van der Waals surface area contributed by atoms with Crippen molar-refractivity contribution in [3.63, 3.8) is 0 Å². The summed E-state index contributed by atoms with van der Waals surface area (Å²) in [5, 5.41) is 14.0. The minimum atomic E-state index is -0.371. The highest BCUT2D eigenvalue weighted by molar-refractivity contribution is 7.99. The first kappa shape index (κ1) is 13.1. The van der Waals surface area contributed by atoms with Crippen LogP contribution in [-0.4, -0.2) is 11.5 Å². The molecule has 0 bridgehead atoms. The molecule has 0 saturated heterocycles. The second-order valence-electron chi connectivity index (χ2n) is 4.67. The van der Waals surface area contributed by atoms with E-state index in [2.05, 4.69) is 23.5 Å². The van der Waals surface area contributed by atoms with Crippen LogP contribution in [0.15, 0.2) is 52.3 Å². The first-order valence-electron chi connectivity index (χ1n) is 6.48. The Morgan fingerprint density at radius 2 is 1.95 bits per heavy atom.